The summed E-state index contributed by atoms with van der Waals surface area (Å²) in [4.78, 5) is -0.348. The minimum absolute atomic E-state index is 0.174. The van der Waals surface area contributed by atoms with Gasteiger partial charge < -0.3 is 0 Å². The first-order chi connectivity index (χ1) is 26.2. The number of nitrogens with zero attached hydrogens (tertiary/aromatic N) is 4. The van der Waals surface area contributed by atoms with Crippen LogP contribution in [0.15, 0.2) is 94.7 Å². The Hall–Kier alpha value is -4.24. The maximum atomic E-state index is 11.9. The third kappa shape index (κ3) is 7.18. The Kier molecular flexibility index (Phi) is 9.84. The van der Waals surface area contributed by atoms with Gasteiger partial charge in [-0.3, -0.25) is 9.11 Å². The molecule has 280 valence electrons. The fourth-order valence-electron chi connectivity index (χ4n) is 7.10. The fraction of sp³-hybridized carbons (Fsp3) is 0.128. The molecule has 10 nitrogen and oxygen atoms in total. The van der Waals surface area contributed by atoms with Crippen LogP contribution in [0.5, 0.6) is 0 Å². The number of halogens is 4. The molecule has 0 unspecified atom stereocenters. The zero-order valence-corrected chi connectivity index (χ0v) is 33.1. The van der Waals surface area contributed by atoms with E-state index in [4.69, 9.17) is 56.6 Å². The zero-order valence-electron chi connectivity index (χ0n) is 28.4. The summed E-state index contributed by atoms with van der Waals surface area (Å²) in [5.41, 5.74) is 9.10. The molecule has 2 aromatic heterocycles. The van der Waals surface area contributed by atoms with Gasteiger partial charge in [-0.05, 0) is 103 Å². The lowest BCUT2D eigenvalue weighted by Gasteiger charge is -2.10. The molecule has 0 spiro atoms. The van der Waals surface area contributed by atoms with Gasteiger partial charge in [-0.1, -0.05) is 70.7 Å². The Balaban J connectivity index is 1.03. The second-order valence-electron chi connectivity index (χ2n) is 13.1. The Morgan fingerprint density at radius 3 is 1.40 bits per heavy atom. The van der Waals surface area contributed by atoms with Gasteiger partial charge in [-0.2, -0.15) is 27.0 Å². The molecule has 2 aliphatic rings. The molecule has 0 radical (unpaired) electrons. The average molecular weight is 855 g/mol. The van der Waals surface area contributed by atoms with E-state index < -0.39 is 20.2 Å². The van der Waals surface area contributed by atoms with Crippen molar-refractivity contribution in [3.8, 4) is 33.9 Å². The molecular formula is C39H28Cl4N4O6S2. The number of hydrogen-bond acceptors (Lipinski definition) is 6. The lowest BCUT2D eigenvalue weighted by Crippen LogP contribution is -2.02. The van der Waals surface area contributed by atoms with Crippen molar-refractivity contribution in [3.63, 3.8) is 0 Å². The highest BCUT2D eigenvalue weighted by Crippen LogP contribution is 2.44. The Morgan fingerprint density at radius 1 is 0.600 bits per heavy atom. The smallest absolute Gasteiger partial charge is 0.282 e. The highest BCUT2D eigenvalue weighted by Gasteiger charge is 2.31. The van der Waals surface area contributed by atoms with Gasteiger partial charge in [0.25, 0.3) is 20.2 Å². The van der Waals surface area contributed by atoms with Gasteiger partial charge in [0.2, 0.25) is 0 Å². The summed E-state index contributed by atoms with van der Waals surface area (Å²) in [6.45, 7) is 0. The van der Waals surface area contributed by atoms with Crippen LogP contribution in [-0.4, -0.2) is 45.5 Å². The summed E-state index contributed by atoms with van der Waals surface area (Å²) in [6.07, 6.45) is 11.1. The highest BCUT2D eigenvalue weighted by molar-refractivity contribution is 7.86. The summed E-state index contributed by atoms with van der Waals surface area (Å²) in [6, 6.07) is 19.3. The first kappa shape index (κ1) is 37.7. The van der Waals surface area contributed by atoms with E-state index >= 15 is 0 Å². The van der Waals surface area contributed by atoms with E-state index in [1.807, 2.05) is 24.3 Å². The number of rotatable bonds is 10. The largest absolute Gasteiger partial charge is 0.294 e. The van der Waals surface area contributed by atoms with E-state index in [1.165, 1.54) is 24.3 Å². The highest BCUT2D eigenvalue weighted by atomic mass is 35.5. The number of benzene rings is 4. The molecule has 16 heteroatoms. The molecule has 0 saturated carbocycles. The van der Waals surface area contributed by atoms with Crippen molar-refractivity contribution in [2.24, 2.45) is 0 Å². The number of hydrogen-bond donors (Lipinski definition) is 2. The van der Waals surface area contributed by atoms with Gasteiger partial charge in [0.15, 0.2) is 0 Å². The quantitative estimate of drug-likeness (QED) is 0.102. The van der Waals surface area contributed by atoms with Crippen LogP contribution in [0, 0.1) is 0 Å². The Morgan fingerprint density at radius 2 is 1.02 bits per heavy atom. The van der Waals surface area contributed by atoms with E-state index in [-0.39, 0.29) is 9.79 Å². The third-order valence-corrected chi connectivity index (χ3v) is 12.4. The molecule has 2 aliphatic carbocycles. The second kappa shape index (κ2) is 14.4. The minimum atomic E-state index is -4.38. The van der Waals surface area contributed by atoms with Crippen molar-refractivity contribution in [1.82, 2.24) is 19.6 Å². The average Bonchev–Trinajstić information content (AvgIpc) is 3.86. The summed E-state index contributed by atoms with van der Waals surface area (Å²) in [5, 5.41) is 11.5. The van der Waals surface area contributed by atoms with Crippen LogP contribution < -0.4 is 0 Å². The molecule has 4 aromatic carbocycles. The topological polar surface area (TPSA) is 144 Å². The molecule has 2 heterocycles. The molecule has 0 bridgehead atoms. The summed E-state index contributed by atoms with van der Waals surface area (Å²) in [5.74, 6) is 0. The summed E-state index contributed by atoms with van der Waals surface area (Å²) < 4.78 is 70.3. The number of aromatic nitrogens is 4. The normalized spacial score (nSPS) is 13.5. The molecule has 0 amide bonds. The van der Waals surface area contributed by atoms with Crippen LogP contribution >= 0.6 is 46.4 Å². The van der Waals surface area contributed by atoms with Crippen molar-refractivity contribution in [3.05, 3.63) is 139 Å². The molecule has 55 heavy (non-hydrogen) atoms. The lowest BCUT2D eigenvalue weighted by molar-refractivity contribution is 0.481. The van der Waals surface area contributed by atoms with E-state index in [1.54, 1.807) is 57.9 Å². The first-order valence-corrected chi connectivity index (χ1v) is 21.3. The van der Waals surface area contributed by atoms with Crippen molar-refractivity contribution >= 4 is 78.8 Å². The fourth-order valence-corrected chi connectivity index (χ4v) is 9.14. The maximum Gasteiger partial charge on any atom is 0.294 e. The van der Waals surface area contributed by atoms with E-state index in [0.29, 0.717) is 55.7 Å². The molecule has 0 aliphatic heterocycles. The van der Waals surface area contributed by atoms with Crippen molar-refractivity contribution < 1.29 is 25.9 Å². The second-order valence-corrected chi connectivity index (χ2v) is 17.6. The minimum Gasteiger partial charge on any atom is -0.282 e. The van der Waals surface area contributed by atoms with Gasteiger partial charge in [0, 0.05) is 45.1 Å². The van der Waals surface area contributed by atoms with Gasteiger partial charge in [0.1, 0.15) is 0 Å². The van der Waals surface area contributed by atoms with Crippen LogP contribution in [0.25, 0.3) is 46.0 Å². The van der Waals surface area contributed by atoms with Gasteiger partial charge in [-0.15, -0.1) is 0 Å². The maximum absolute atomic E-state index is 11.9. The van der Waals surface area contributed by atoms with Crippen molar-refractivity contribution in [1.29, 1.82) is 0 Å². The number of unbranched alkanes of at least 4 members (excludes halogenated alkanes) is 2. The van der Waals surface area contributed by atoms with Crippen LogP contribution in [-0.2, 0) is 33.1 Å². The molecule has 0 atom stereocenters. The monoisotopic (exact) mass is 852 g/mol. The van der Waals surface area contributed by atoms with Gasteiger partial charge in [0.05, 0.1) is 54.0 Å². The van der Waals surface area contributed by atoms with Crippen LogP contribution in [0.3, 0.4) is 0 Å². The molecule has 0 saturated heterocycles. The third-order valence-electron chi connectivity index (χ3n) is 9.59. The predicted octanol–water partition coefficient (Wildman–Crippen LogP) is 10.2. The molecule has 0 fully saturated rings. The predicted molar refractivity (Wildman–Crippen MR) is 215 cm³/mol. The standard InChI is InChI=1S/C39H28Cl4N4O6S2/c40-24-8-14-36(32(42)20-24)46-38-28-12-10-26(54(48,49)50)16-22(28)18-30(38)34(44-46)6-4-2-1-3-5-7-35-31-19-23-17-27(55(51,52)53)11-13-29(23)39(31)47(45-35)37-15-9-25(41)21-33(37)43/h4-17,20-21H,1-3,18-19H2,(H,48,49,50)(H,51,52,53)/b6-4+,7-5+. The Labute approximate surface area is 336 Å². The first-order valence-electron chi connectivity index (χ1n) is 16.9. The zero-order chi connectivity index (χ0) is 38.8. The Bertz CT molecular complexity index is 2670. The van der Waals surface area contributed by atoms with Crippen LogP contribution in [0.4, 0.5) is 0 Å². The summed E-state index contributed by atoms with van der Waals surface area (Å²) >= 11 is 25.5. The number of fused-ring (bicyclic) bond motifs is 6. The SMILES string of the molecule is O=S(=O)(O)c1ccc2c(c1)Cc1c(/C=C/CCC/C=C/c3nn(-c4ccc(Cl)cc4Cl)c4c3Cc3cc(S(=O)(=O)O)ccc3-4)nn(-c3ccc(Cl)cc3Cl)c1-2. The van der Waals surface area contributed by atoms with Gasteiger partial charge in [-0.25, -0.2) is 9.36 Å². The molecule has 8 rings (SSSR count). The summed E-state index contributed by atoms with van der Waals surface area (Å²) in [7, 11) is -8.76. The van der Waals surface area contributed by atoms with E-state index in [2.05, 4.69) is 0 Å². The molecule has 6 aromatic rings. The number of allylic oxidation sites excluding steroid dienone is 2. The van der Waals surface area contributed by atoms with Gasteiger partial charge >= 0.3 is 0 Å². The lowest BCUT2D eigenvalue weighted by atomic mass is 10.1. The van der Waals surface area contributed by atoms with Crippen molar-refractivity contribution in [2.45, 2.75) is 41.9 Å². The van der Waals surface area contributed by atoms with E-state index in [0.717, 1.165) is 64.0 Å². The van der Waals surface area contributed by atoms with Crippen LogP contribution in [0.1, 0.15) is 52.9 Å². The van der Waals surface area contributed by atoms with Crippen molar-refractivity contribution in [2.75, 3.05) is 0 Å². The van der Waals surface area contributed by atoms with Crippen LogP contribution in [0.2, 0.25) is 20.1 Å². The van der Waals surface area contributed by atoms with E-state index in [9.17, 15) is 25.9 Å². The molecular weight excluding hydrogens is 826 g/mol. The molecule has 2 N–H and O–H groups in total.